The summed E-state index contributed by atoms with van der Waals surface area (Å²) in [6, 6.07) is 4.88. The third kappa shape index (κ3) is 3.28. The van der Waals surface area contributed by atoms with Gasteiger partial charge in [-0.3, -0.25) is 4.90 Å². The summed E-state index contributed by atoms with van der Waals surface area (Å²) < 4.78 is 35.9. The number of hydrogen-bond acceptors (Lipinski definition) is 4. The number of benzene rings is 1. The average Bonchev–Trinajstić information content (AvgIpc) is 2.34. The molecule has 100 valence electrons. The lowest BCUT2D eigenvalue weighted by Gasteiger charge is -2.26. The van der Waals surface area contributed by atoms with E-state index < -0.39 is 9.84 Å². The van der Waals surface area contributed by atoms with Crippen LogP contribution in [-0.2, 0) is 22.9 Å². The second kappa shape index (κ2) is 5.34. The SMILES string of the molecule is NCc1cc(CN2CCS(=O)(=O)CC2)ccc1F. The van der Waals surface area contributed by atoms with E-state index in [9.17, 15) is 12.8 Å². The van der Waals surface area contributed by atoms with Gasteiger partial charge in [-0.2, -0.15) is 0 Å². The van der Waals surface area contributed by atoms with Gasteiger partial charge in [-0.1, -0.05) is 12.1 Å². The quantitative estimate of drug-likeness (QED) is 0.871. The molecule has 0 aromatic heterocycles. The maximum absolute atomic E-state index is 13.3. The van der Waals surface area contributed by atoms with Crippen molar-refractivity contribution >= 4 is 9.84 Å². The zero-order chi connectivity index (χ0) is 13.2. The number of rotatable bonds is 3. The highest BCUT2D eigenvalue weighted by molar-refractivity contribution is 7.91. The Morgan fingerprint density at radius 2 is 1.94 bits per heavy atom. The summed E-state index contributed by atoms with van der Waals surface area (Å²) in [4.78, 5) is 2.06. The molecule has 0 unspecified atom stereocenters. The molecule has 1 saturated heterocycles. The van der Waals surface area contributed by atoms with Gasteiger partial charge in [0, 0.05) is 31.7 Å². The van der Waals surface area contributed by atoms with Gasteiger partial charge in [0.1, 0.15) is 5.82 Å². The third-order valence-electron chi connectivity index (χ3n) is 3.17. The highest BCUT2D eigenvalue weighted by Crippen LogP contribution is 2.14. The van der Waals surface area contributed by atoms with E-state index in [4.69, 9.17) is 5.73 Å². The van der Waals surface area contributed by atoms with Crippen LogP contribution < -0.4 is 5.73 Å². The van der Waals surface area contributed by atoms with Crippen molar-refractivity contribution in [1.82, 2.24) is 4.90 Å². The molecule has 0 saturated carbocycles. The minimum atomic E-state index is -2.85. The maximum atomic E-state index is 13.3. The molecule has 0 radical (unpaired) electrons. The first-order valence-electron chi connectivity index (χ1n) is 5.90. The van der Waals surface area contributed by atoms with Crippen LogP contribution in [0.1, 0.15) is 11.1 Å². The van der Waals surface area contributed by atoms with E-state index in [1.807, 2.05) is 0 Å². The van der Waals surface area contributed by atoms with Crippen molar-refractivity contribution in [2.24, 2.45) is 5.73 Å². The monoisotopic (exact) mass is 272 g/mol. The van der Waals surface area contributed by atoms with Gasteiger partial charge < -0.3 is 5.73 Å². The zero-order valence-electron chi connectivity index (χ0n) is 10.1. The minimum Gasteiger partial charge on any atom is -0.326 e. The molecule has 2 rings (SSSR count). The van der Waals surface area contributed by atoms with Gasteiger partial charge in [0.2, 0.25) is 0 Å². The lowest BCUT2D eigenvalue weighted by atomic mass is 10.1. The molecule has 6 heteroatoms. The molecule has 1 aliphatic heterocycles. The van der Waals surface area contributed by atoms with Crippen LogP contribution in [0.25, 0.3) is 0 Å². The van der Waals surface area contributed by atoms with Crippen molar-refractivity contribution in [3.8, 4) is 0 Å². The smallest absolute Gasteiger partial charge is 0.152 e. The fraction of sp³-hybridized carbons (Fsp3) is 0.500. The van der Waals surface area contributed by atoms with E-state index in [-0.39, 0.29) is 23.9 Å². The molecule has 1 aromatic carbocycles. The van der Waals surface area contributed by atoms with Gasteiger partial charge in [-0.05, 0) is 11.6 Å². The largest absolute Gasteiger partial charge is 0.326 e. The fourth-order valence-electron chi connectivity index (χ4n) is 2.05. The van der Waals surface area contributed by atoms with E-state index in [2.05, 4.69) is 4.90 Å². The first kappa shape index (κ1) is 13.5. The van der Waals surface area contributed by atoms with Gasteiger partial charge in [-0.15, -0.1) is 0 Å². The molecule has 0 amide bonds. The molecule has 1 heterocycles. The molecular formula is C12H17FN2O2S. The summed E-state index contributed by atoms with van der Waals surface area (Å²) in [5, 5.41) is 0. The third-order valence-corrected chi connectivity index (χ3v) is 4.78. The van der Waals surface area contributed by atoms with Gasteiger partial charge in [0.25, 0.3) is 0 Å². The van der Waals surface area contributed by atoms with E-state index in [1.165, 1.54) is 6.07 Å². The molecule has 1 fully saturated rings. The maximum Gasteiger partial charge on any atom is 0.152 e. The second-order valence-electron chi connectivity index (χ2n) is 4.56. The summed E-state index contributed by atoms with van der Waals surface area (Å²) in [7, 11) is -2.85. The van der Waals surface area contributed by atoms with Crippen LogP contribution in [-0.4, -0.2) is 37.9 Å². The van der Waals surface area contributed by atoms with Gasteiger partial charge >= 0.3 is 0 Å². The molecule has 4 nitrogen and oxygen atoms in total. The number of nitrogens with zero attached hydrogens (tertiary/aromatic N) is 1. The fourth-order valence-corrected chi connectivity index (χ4v) is 3.33. The second-order valence-corrected chi connectivity index (χ2v) is 6.86. The van der Waals surface area contributed by atoms with Crippen LogP contribution in [0.2, 0.25) is 0 Å². The van der Waals surface area contributed by atoms with Gasteiger partial charge in [0.05, 0.1) is 11.5 Å². The Bertz CT molecular complexity index is 517. The summed E-state index contributed by atoms with van der Waals surface area (Å²) in [6.45, 7) is 1.90. The van der Waals surface area contributed by atoms with E-state index >= 15 is 0 Å². The summed E-state index contributed by atoms with van der Waals surface area (Å²) in [6.07, 6.45) is 0. The Morgan fingerprint density at radius 3 is 2.56 bits per heavy atom. The van der Waals surface area contributed by atoms with E-state index in [0.717, 1.165) is 5.56 Å². The van der Waals surface area contributed by atoms with Gasteiger partial charge in [0.15, 0.2) is 9.84 Å². The molecular weight excluding hydrogens is 255 g/mol. The molecule has 0 aliphatic carbocycles. The highest BCUT2D eigenvalue weighted by Gasteiger charge is 2.21. The Kier molecular flexibility index (Phi) is 3.99. The molecule has 2 N–H and O–H groups in total. The number of halogens is 1. The highest BCUT2D eigenvalue weighted by atomic mass is 32.2. The van der Waals surface area contributed by atoms with Crippen LogP contribution in [0, 0.1) is 5.82 Å². The van der Waals surface area contributed by atoms with Crippen molar-refractivity contribution in [2.45, 2.75) is 13.1 Å². The topological polar surface area (TPSA) is 63.4 Å². The van der Waals surface area contributed by atoms with E-state index in [0.29, 0.717) is 25.2 Å². The summed E-state index contributed by atoms with van der Waals surface area (Å²) in [5.41, 5.74) is 6.92. The molecule has 1 aliphatic rings. The summed E-state index contributed by atoms with van der Waals surface area (Å²) >= 11 is 0. The van der Waals surface area contributed by atoms with Crippen LogP contribution in [0.3, 0.4) is 0 Å². The van der Waals surface area contributed by atoms with Crippen LogP contribution in [0.5, 0.6) is 0 Å². The standard InChI is InChI=1S/C12H17FN2O2S/c13-12-2-1-10(7-11(12)8-14)9-15-3-5-18(16,17)6-4-15/h1-2,7H,3-6,8-9,14H2. The predicted molar refractivity (Wildman–Crippen MR) is 68.2 cm³/mol. The van der Waals surface area contributed by atoms with Gasteiger partial charge in [-0.25, -0.2) is 12.8 Å². The Labute approximate surface area is 107 Å². The Morgan fingerprint density at radius 1 is 1.28 bits per heavy atom. The molecule has 1 aromatic rings. The van der Waals surface area contributed by atoms with Crippen LogP contribution in [0.15, 0.2) is 18.2 Å². The first-order valence-corrected chi connectivity index (χ1v) is 7.72. The Hall–Kier alpha value is -0.980. The Balaban J connectivity index is 2.02. The van der Waals surface area contributed by atoms with Crippen LogP contribution in [0.4, 0.5) is 4.39 Å². The number of hydrogen-bond donors (Lipinski definition) is 1. The summed E-state index contributed by atoms with van der Waals surface area (Å²) in [5.74, 6) is 0.123. The molecule has 18 heavy (non-hydrogen) atoms. The molecule has 0 bridgehead atoms. The van der Waals surface area contributed by atoms with Crippen molar-refractivity contribution < 1.29 is 12.8 Å². The van der Waals surface area contributed by atoms with Crippen molar-refractivity contribution in [1.29, 1.82) is 0 Å². The predicted octanol–water partition coefficient (Wildman–Crippen LogP) is 0.515. The average molecular weight is 272 g/mol. The molecule has 0 spiro atoms. The van der Waals surface area contributed by atoms with Crippen molar-refractivity contribution in [2.75, 3.05) is 24.6 Å². The number of sulfone groups is 1. The lowest BCUT2D eigenvalue weighted by molar-refractivity contribution is 0.287. The van der Waals surface area contributed by atoms with Crippen molar-refractivity contribution in [3.63, 3.8) is 0 Å². The lowest BCUT2D eigenvalue weighted by Crippen LogP contribution is -2.39. The minimum absolute atomic E-state index is 0.175. The van der Waals surface area contributed by atoms with E-state index in [1.54, 1.807) is 12.1 Å². The normalized spacial score (nSPS) is 19.9. The first-order chi connectivity index (χ1) is 8.50. The molecule has 0 atom stereocenters. The van der Waals surface area contributed by atoms with Crippen molar-refractivity contribution in [3.05, 3.63) is 35.1 Å². The zero-order valence-corrected chi connectivity index (χ0v) is 10.9. The number of nitrogens with two attached hydrogens (primary N) is 1. The van der Waals surface area contributed by atoms with Crippen LogP contribution >= 0.6 is 0 Å².